The Bertz CT molecular complexity index is 923. The van der Waals surface area contributed by atoms with Crippen LogP contribution in [0.15, 0.2) is 22.7 Å². The minimum Gasteiger partial charge on any atom is -0.338 e. The first-order valence-electron chi connectivity index (χ1n) is 11.9. The summed E-state index contributed by atoms with van der Waals surface area (Å²) >= 11 is 0. The number of hydrogen-bond acceptors (Lipinski definition) is 4. The lowest BCUT2D eigenvalue weighted by molar-refractivity contribution is -0.139. The summed E-state index contributed by atoms with van der Waals surface area (Å²) in [5.41, 5.74) is 1.07. The number of nitrogens with zero attached hydrogens (tertiary/aromatic N) is 2. The Hall–Kier alpha value is -2.11. The van der Waals surface area contributed by atoms with E-state index in [2.05, 4.69) is 30.4 Å². The molecule has 3 saturated carbocycles. The molecule has 7 atom stereocenters. The first kappa shape index (κ1) is 20.8. The first-order chi connectivity index (χ1) is 14.7. The van der Waals surface area contributed by atoms with Gasteiger partial charge in [0, 0.05) is 31.0 Å². The fraction of sp³-hybridized carbons (Fsp3) is 0.720. The van der Waals surface area contributed by atoms with Crippen molar-refractivity contribution in [2.45, 2.75) is 71.8 Å². The summed E-state index contributed by atoms with van der Waals surface area (Å²) in [7, 11) is 1.97. The second-order valence-electron chi connectivity index (χ2n) is 11.0. The number of anilines is 1. The highest BCUT2D eigenvalue weighted by Gasteiger charge is 2.60. The van der Waals surface area contributed by atoms with E-state index in [1.54, 1.807) is 12.1 Å². The Balaban J connectivity index is 1.32. The average Bonchev–Trinajstić information content (AvgIpc) is 3.28. The van der Waals surface area contributed by atoms with Crippen molar-refractivity contribution in [3.8, 4) is 0 Å². The van der Waals surface area contributed by atoms with E-state index in [4.69, 9.17) is 4.52 Å². The standard InChI is InChI=1S/C25H35N3O3/c1-15-13-22(31-27-15)26-21(29)14-16-5-7-18-17-6-8-20-25(3,12-10-23(30)28(20)4)19(17)9-11-24(16,18)2/h10,12-13,16-20H,5-9,11,14H2,1-4H3,(H,26,29)/t16-,17+,18+,19+,20-,24-,25-/m1/s1. The number of carbonyl (C=O) groups is 2. The van der Waals surface area contributed by atoms with Gasteiger partial charge in [-0.3, -0.25) is 14.9 Å². The number of amides is 2. The van der Waals surface area contributed by atoms with Gasteiger partial charge >= 0.3 is 0 Å². The van der Waals surface area contributed by atoms with Crippen LogP contribution in [0.5, 0.6) is 0 Å². The molecule has 1 aromatic rings. The highest BCUT2D eigenvalue weighted by Crippen LogP contribution is 2.65. The zero-order chi connectivity index (χ0) is 22.0. The van der Waals surface area contributed by atoms with Gasteiger partial charge in [-0.25, -0.2) is 0 Å². The number of aryl methyl sites for hydroxylation is 1. The van der Waals surface area contributed by atoms with Crippen LogP contribution < -0.4 is 5.32 Å². The number of likely N-dealkylation sites (N-methyl/N-ethyl adjacent to an activating group) is 1. The second kappa shape index (κ2) is 7.21. The molecule has 1 N–H and O–H groups in total. The molecular formula is C25H35N3O3. The van der Waals surface area contributed by atoms with Gasteiger partial charge in [0.25, 0.3) is 0 Å². The average molecular weight is 426 g/mol. The molecule has 5 rings (SSSR count). The molecule has 6 nitrogen and oxygen atoms in total. The molecule has 0 radical (unpaired) electrons. The van der Waals surface area contributed by atoms with Gasteiger partial charge in [-0.2, -0.15) is 0 Å². The van der Waals surface area contributed by atoms with Crippen LogP contribution in [0.25, 0.3) is 0 Å². The van der Waals surface area contributed by atoms with Crippen LogP contribution in [0.4, 0.5) is 5.88 Å². The largest absolute Gasteiger partial charge is 0.338 e. The monoisotopic (exact) mass is 425 g/mol. The van der Waals surface area contributed by atoms with Gasteiger partial charge in [0.2, 0.25) is 17.7 Å². The maximum atomic E-state index is 12.7. The third-order valence-corrected chi connectivity index (χ3v) is 9.65. The van der Waals surface area contributed by atoms with Crippen LogP contribution in [0.2, 0.25) is 0 Å². The molecule has 0 aromatic carbocycles. The molecule has 0 spiro atoms. The molecule has 1 aromatic heterocycles. The van der Waals surface area contributed by atoms with E-state index < -0.39 is 0 Å². The Morgan fingerprint density at radius 3 is 2.77 bits per heavy atom. The number of hydrogen-bond donors (Lipinski definition) is 1. The number of nitrogens with one attached hydrogen (secondary N) is 1. The van der Waals surface area contributed by atoms with Crippen molar-refractivity contribution >= 4 is 17.7 Å². The molecule has 1 aliphatic heterocycles. The van der Waals surface area contributed by atoms with Crippen molar-refractivity contribution < 1.29 is 14.1 Å². The molecule has 4 aliphatic rings. The Kier molecular flexibility index (Phi) is 4.83. The molecule has 2 amide bonds. The van der Waals surface area contributed by atoms with Gasteiger partial charge in [0.1, 0.15) is 0 Å². The summed E-state index contributed by atoms with van der Waals surface area (Å²) in [5, 5.41) is 6.75. The minimum atomic E-state index is 0.0381. The van der Waals surface area contributed by atoms with Crippen molar-refractivity contribution in [1.82, 2.24) is 10.1 Å². The Morgan fingerprint density at radius 1 is 1.23 bits per heavy atom. The number of carbonyl (C=O) groups excluding carboxylic acids is 2. The van der Waals surface area contributed by atoms with Gasteiger partial charge < -0.3 is 9.42 Å². The zero-order valence-corrected chi connectivity index (χ0v) is 19.2. The quantitative estimate of drug-likeness (QED) is 0.770. The molecule has 0 bridgehead atoms. The third-order valence-electron chi connectivity index (χ3n) is 9.65. The molecular weight excluding hydrogens is 390 g/mol. The third kappa shape index (κ3) is 3.16. The van der Waals surface area contributed by atoms with Crippen LogP contribution >= 0.6 is 0 Å². The van der Waals surface area contributed by atoms with Gasteiger partial charge in [0.05, 0.1) is 5.69 Å². The molecule has 0 saturated heterocycles. The summed E-state index contributed by atoms with van der Waals surface area (Å²) in [6.07, 6.45) is 11.6. The van der Waals surface area contributed by atoms with Gasteiger partial charge in [-0.15, -0.1) is 0 Å². The van der Waals surface area contributed by atoms with Gasteiger partial charge in [-0.05, 0) is 80.6 Å². The number of rotatable bonds is 3. The smallest absolute Gasteiger partial charge is 0.246 e. The molecule has 6 heteroatoms. The Morgan fingerprint density at radius 2 is 2.03 bits per heavy atom. The van der Waals surface area contributed by atoms with E-state index in [1.165, 1.54) is 25.7 Å². The van der Waals surface area contributed by atoms with Crippen molar-refractivity contribution in [2.24, 2.45) is 34.5 Å². The molecule has 168 valence electrons. The molecule has 31 heavy (non-hydrogen) atoms. The number of aromatic nitrogens is 1. The van der Waals surface area contributed by atoms with Gasteiger partial charge in [-0.1, -0.05) is 25.1 Å². The van der Waals surface area contributed by atoms with Crippen LogP contribution in [0, 0.1) is 41.4 Å². The van der Waals surface area contributed by atoms with Crippen LogP contribution in [-0.2, 0) is 9.59 Å². The van der Waals surface area contributed by atoms with Crippen LogP contribution in [0.1, 0.15) is 64.5 Å². The van der Waals surface area contributed by atoms with Gasteiger partial charge in [0.15, 0.2) is 0 Å². The van der Waals surface area contributed by atoms with Crippen LogP contribution in [0.3, 0.4) is 0 Å². The minimum absolute atomic E-state index is 0.0381. The zero-order valence-electron chi connectivity index (χ0n) is 19.2. The maximum Gasteiger partial charge on any atom is 0.246 e. The predicted molar refractivity (Wildman–Crippen MR) is 118 cm³/mol. The van der Waals surface area contributed by atoms with E-state index >= 15 is 0 Å². The van der Waals surface area contributed by atoms with Crippen LogP contribution in [-0.4, -0.2) is 35.0 Å². The fourth-order valence-electron chi connectivity index (χ4n) is 8.02. The van der Waals surface area contributed by atoms with E-state index in [0.717, 1.165) is 18.5 Å². The topological polar surface area (TPSA) is 75.4 Å². The van der Waals surface area contributed by atoms with E-state index in [9.17, 15) is 9.59 Å². The van der Waals surface area contributed by atoms with E-state index in [-0.39, 0.29) is 22.6 Å². The second-order valence-corrected chi connectivity index (χ2v) is 11.0. The summed E-state index contributed by atoms with van der Waals surface area (Å²) in [5.74, 6) is 3.04. The van der Waals surface area contributed by atoms with Crippen molar-refractivity contribution in [1.29, 1.82) is 0 Å². The lowest BCUT2D eigenvalue weighted by atomic mass is 9.47. The van der Waals surface area contributed by atoms with E-state index in [0.29, 0.717) is 42.0 Å². The van der Waals surface area contributed by atoms with E-state index in [1.807, 2.05) is 18.9 Å². The van der Waals surface area contributed by atoms with Crippen molar-refractivity contribution in [3.05, 3.63) is 23.9 Å². The lowest BCUT2D eigenvalue weighted by Gasteiger charge is -2.60. The summed E-state index contributed by atoms with van der Waals surface area (Å²) in [6, 6.07) is 2.09. The summed E-state index contributed by atoms with van der Waals surface area (Å²) < 4.78 is 5.16. The Labute approximate surface area is 184 Å². The lowest BCUT2D eigenvalue weighted by Crippen LogP contribution is -2.59. The highest BCUT2D eigenvalue weighted by molar-refractivity contribution is 5.89. The molecule has 3 fully saturated rings. The molecule has 3 aliphatic carbocycles. The summed E-state index contributed by atoms with van der Waals surface area (Å²) in [6.45, 7) is 6.68. The maximum absolute atomic E-state index is 12.7. The fourth-order valence-corrected chi connectivity index (χ4v) is 8.02. The SMILES string of the molecule is Cc1cc(NC(=O)C[C@H]2CC[C@H]3[C@@H]4CC[C@H]5N(C)C(=O)C=C[C@]5(C)[C@H]4CC[C@]23C)on1. The molecule has 0 unspecified atom stereocenters. The van der Waals surface area contributed by atoms with Crippen molar-refractivity contribution in [3.63, 3.8) is 0 Å². The predicted octanol–water partition coefficient (Wildman–Crippen LogP) is 4.57. The first-order valence-corrected chi connectivity index (χ1v) is 11.9. The normalized spacial score (nSPS) is 41.5. The van der Waals surface area contributed by atoms with Crippen molar-refractivity contribution in [2.75, 3.05) is 12.4 Å². The highest BCUT2D eigenvalue weighted by atomic mass is 16.5. The molecule has 2 heterocycles. The number of fused-ring (bicyclic) bond motifs is 5. The summed E-state index contributed by atoms with van der Waals surface area (Å²) in [4.78, 5) is 27.0.